The molecule has 0 aliphatic carbocycles. The lowest BCUT2D eigenvalue weighted by molar-refractivity contribution is 0.470. The highest BCUT2D eigenvalue weighted by molar-refractivity contribution is 5.87. The van der Waals surface area contributed by atoms with Gasteiger partial charge in [0.2, 0.25) is 0 Å². The molecule has 0 heterocycles. The van der Waals surface area contributed by atoms with Gasteiger partial charge in [-0.25, -0.2) is 0 Å². The summed E-state index contributed by atoms with van der Waals surface area (Å²) in [5, 5.41) is 15.7. The monoisotopic (exact) mass is 323 g/mol. The fourth-order valence-electron chi connectivity index (χ4n) is 2.37. The predicted octanol–water partition coefficient (Wildman–Crippen LogP) is 6.52. The van der Waals surface area contributed by atoms with E-state index in [0.717, 1.165) is 22.0 Å². The summed E-state index contributed by atoms with van der Waals surface area (Å²) >= 11 is 0. The molecule has 2 N–H and O–H groups in total. The van der Waals surface area contributed by atoms with Crippen molar-refractivity contribution in [3.63, 3.8) is 0 Å². The van der Waals surface area contributed by atoms with E-state index in [0.29, 0.717) is 12.3 Å². The molecule has 0 bridgehead atoms. The van der Waals surface area contributed by atoms with Gasteiger partial charge >= 0.3 is 0 Å². The highest BCUT2D eigenvalue weighted by Crippen LogP contribution is 2.27. The Balaban J connectivity index is 0.000000671. The van der Waals surface area contributed by atoms with Crippen LogP contribution in [0.15, 0.2) is 60.7 Å². The standard InChI is InChI=1S/C18H17NO.2C2H6/c1-13-6-9-15(10-7-13)19-12-17-16-5-3-2-4-14(16)8-11-18(17)20;2*1-2/h2-11,19-20H,12H2,1H3;2*1-2H3. The third-order valence-electron chi connectivity index (χ3n) is 3.54. The summed E-state index contributed by atoms with van der Waals surface area (Å²) in [6.45, 7) is 10.7. The second-order valence-corrected chi connectivity index (χ2v) is 5.00. The Bertz CT molecular complexity index is 733. The molecule has 0 saturated heterocycles. The SMILES string of the molecule is CC.CC.Cc1ccc(NCc2c(O)ccc3ccccc23)cc1. The maximum Gasteiger partial charge on any atom is 0.121 e. The topological polar surface area (TPSA) is 32.3 Å². The zero-order chi connectivity index (χ0) is 17.9. The Morgan fingerprint density at radius 3 is 2.08 bits per heavy atom. The molecule has 0 radical (unpaired) electrons. The smallest absolute Gasteiger partial charge is 0.121 e. The Morgan fingerprint density at radius 1 is 0.792 bits per heavy atom. The third kappa shape index (κ3) is 5.02. The van der Waals surface area contributed by atoms with E-state index in [9.17, 15) is 5.11 Å². The third-order valence-corrected chi connectivity index (χ3v) is 3.54. The molecule has 0 saturated carbocycles. The van der Waals surface area contributed by atoms with Gasteiger partial charge in [-0.15, -0.1) is 0 Å². The largest absolute Gasteiger partial charge is 0.508 e. The lowest BCUT2D eigenvalue weighted by atomic mass is 10.0. The molecular formula is C22H29NO. The van der Waals surface area contributed by atoms with Crippen LogP contribution in [-0.4, -0.2) is 5.11 Å². The minimum absolute atomic E-state index is 0.336. The molecule has 0 unspecified atom stereocenters. The second kappa shape index (κ2) is 10.3. The molecule has 0 aliphatic heterocycles. The van der Waals surface area contributed by atoms with Crippen molar-refractivity contribution in [3.05, 3.63) is 71.8 Å². The lowest BCUT2D eigenvalue weighted by Gasteiger charge is -2.11. The van der Waals surface area contributed by atoms with Crippen molar-refractivity contribution < 1.29 is 5.11 Å². The Hall–Kier alpha value is -2.48. The van der Waals surface area contributed by atoms with Gasteiger partial charge in [-0.05, 0) is 35.9 Å². The van der Waals surface area contributed by atoms with E-state index in [1.807, 2.05) is 52.0 Å². The summed E-state index contributed by atoms with van der Waals surface area (Å²) in [6.07, 6.45) is 0. The van der Waals surface area contributed by atoms with E-state index in [1.54, 1.807) is 6.07 Å². The number of aromatic hydroxyl groups is 1. The number of fused-ring (bicyclic) bond motifs is 1. The van der Waals surface area contributed by atoms with Crippen LogP contribution in [0.1, 0.15) is 38.8 Å². The molecule has 0 atom stereocenters. The first-order valence-corrected chi connectivity index (χ1v) is 8.74. The fraction of sp³-hybridized carbons (Fsp3) is 0.273. The molecule has 0 fully saturated rings. The fourth-order valence-corrected chi connectivity index (χ4v) is 2.37. The van der Waals surface area contributed by atoms with E-state index in [4.69, 9.17) is 0 Å². The molecule has 24 heavy (non-hydrogen) atoms. The van der Waals surface area contributed by atoms with Crippen LogP contribution in [0.5, 0.6) is 5.75 Å². The van der Waals surface area contributed by atoms with Crippen molar-refractivity contribution in [1.29, 1.82) is 0 Å². The predicted molar refractivity (Wildman–Crippen MR) is 107 cm³/mol. The van der Waals surface area contributed by atoms with Crippen molar-refractivity contribution in [1.82, 2.24) is 0 Å². The van der Waals surface area contributed by atoms with Gasteiger partial charge in [0, 0.05) is 17.8 Å². The highest BCUT2D eigenvalue weighted by Gasteiger charge is 2.06. The van der Waals surface area contributed by atoms with E-state index < -0.39 is 0 Å². The average molecular weight is 323 g/mol. The quantitative estimate of drug-likeness (QED) is 0.575. The number of rotatable bonds is 3. The van der Waals surface area contributed by atoms with Crippen LogP contribution in [0.25, 0.3) is 10.8 Å². The molecular weight excluding hydrogens is 294 g/mol. The molecule has 3 aromatic carbocycles. The Labute approximate surface area is 146 Å². The molecule has 0 aromatic heterocycles. The van der Waals surface area contributed by atoms with Crippen molar-refractivity contribution >= 4 is 16.5 Å². The molecule has 0 amide bonds. The van der Waals surface area contributed by atoms with Crippen molar-refractivity contribution in [2.75, 3.05) is 5.32 Å². The van der Waals surface area contributed by atoms with Crippen LogP contribution in [0.4, 0.5) is 5.69 Å². The Kier molecular flexibility index (Phi) is 8.42. The van der Waals surface area contributed by atoms with Crippen LogP contribution in [-0.2, 0) is 6.54 Å². The number of benzene rings is 3. The first-order valence-electron chi connectivity index (χ1n) is 8.74. The van der Waals surface area contributed by atoms with E-state index in [1.165, 1.54) is 5.56 Å². The normalized spacial score (nSPS) is 9.38. The summed E-state index contributed by atoms with van der Waals surface area (Å²) in [5.74, 6) is 0.336. The van der Waals surface area contributed by atoms with Gasteiger partial charge in [-0.3, -0.25) is 0 Å². The molecule has 3 rings (SSSR count). The van der Waals surface area contributed by atoms with Gasteiger partial charge < -0.3 is 10.4 Å². The van der Waals surface area contributed by atoms with Crippen LogP contribution in [0.2, 0.25) is 0 Å². The molecule has 0 aliphatic rings. The van der Waals surface area contributed by atoms with E-state index in [2.05, 4.69) is 42.6 Å². The number of phenolic OH excluding ortho intramolecular Hbond substituents is 1. The van der Waals surface area contributed by atoms with Gasteiger partial charge in [0.1, 0.15) is 5.75 Å². The summed E-state index contributed by atoms with van der Waals surface area (Å²) < 4.78 is 0. The zero-order valence-electron chi connectivity index (χ0n) is 15.4. The van der Waals surface area contributed by atoms with E-state index >= 15 is 0 Å². The molecule has 128 valence electrons. The number of aryl methyl sites for hydroxylation is 1. The average Bonchev–Trinajstić information content (AvgIpc) is 2.66. The van der Waals surface area contributed by atoms with Crippen molar-refractivity contribution in [3.8, 4) is 5.75 Å². The molecule has 2 heteroatoms. The first-order chi connectivity index (χ1) is 11.7. The molecule has 3 aromatic rings. The minimum Gasteiger partial charge on any atom is -0.508 e. The van der Waals surface area contributed by atoms with Crippen LogP contribution in [0.3, 0.4) is 0 Å². The summed E-state index contributed by atoms with van der Waals surface area (Å²) in [4.78, 5) is 0. The van der Waals surface area contributed by atoms with Crippen LogP contribution >= 0.6 is 0 Å². The van der Waals surface area contributed by atoms with Gasteiger partial charge in [-0.1, -0.05) is 75.7 Å². The van der Waals surface area contributed by atoms with Gasteiger partial charge in [0.25, 0.3) is 0 Å². The maximum atomic E-state index is 10.1. The van der Waals surface area contributed by atoms with Crippen molar-refractivity contribution in [2.45, 2.75) is 41.2 Å². The molecule has 2 nitrogen and oxygen atoms in total. The highest BCUT2D eigenvalue weighted by atomic mass is 16.3. The summed E-state index contributed by atoms with van der Waals surface area (Å²) in [7, 11) is 0. The number of hydrogen-bond donors (Lipinski definition) is 2. The zero-order valence-corrected chi connectivity index (χ0v) is 15.4. The number of anilines is 1. The Morgan fingerprint density at radius 2 is 1.42 bits per heavy atom. The number of hydrogen-bond acceptors (Lipinski definition) is 2. The lowest BCUT2D eigenvalue weighted by Crippen LogP contribution is -2.00. The van der Waals surface area contributed by atoms with Gasteiger partial charge in [0.15, 0.2) is 0 Å². The van der Waals surface area contributed by atoms with Gasteiger partial charge in [-0.2, -0.15) is 0 Å². The summed E-state index contributed by atoms with van der Waals surface area (Å²) in [5.41, 5.74) is 3.23. The second-order valence-electron chi connectivity index (χ2n) is 5.00. The van der Waals surface area contributed by atoms with Crippen LogP contribution in [0, 0.1) is 6.92 Å². The number of phenols is 1. The first kappa shape index (κ1) is 19.6. The van der Waals surface area contributed by atoms with E-state index in [-0.39, 0.29) is 0 Å². The van der Waals surface area contributed by atoms with Gasteiger partial charge in [0.05, 0.1) is 0 Å². The van der Waals surface area contributed by atoms with Crippen molar-refractivity contribution in [2.24, 2.45) is 0 Å². The van der Waals surface area contributed by atoms with Crippen LogP contribution < -0.4 is 5.32 Å². The minimum atomic E-state index is 0.336. The maximum absolute atomic E-state index is 10.1. The molecule has 0 spiro atoms. The number of nitrogens with one attached hydrogen (secondary N) is 1. The summed E-state index contributed by atoms with van der Waals surface area (Å²) in [6, 6.07) is 20.1.